The molecule has 1 aromatic carbocycles. The first kappa shape index (κ1) is 14.2. The lowest BCUT2D eigenvalue weighted by molar-refractivity contribution is 0.0690. The molecule has 20 heavy (non-hydrogen) atoms. The maximum Gasteiger partial charge on any atom is 0.358 e. The molecule has 0 saturated carbocycles. The number of hydrogen-bond acceptors (Lipinski definition) is 4. The third-order valence-corrected chi connectivity index (χ3v) is 3.86. The van der Waals surface area contributed by atoms with E-state index in [-0.39, 0.29) is 11.2 Å². The van der Waals surface area contributed by atoms with Gasteiger partial charge in [-0.25, -0.2) is 4.79 Å². The summed E-state index contributed by atoms with van der Waals surface area (Å²) in [6, 6.07) is 7.43. The summed E-state index contributed by atoms with van der Waals surface area (Å²) < 4.78 is 0. The van der Waals surface area contributed by atoms with E-state index in [0.29, 0.717) is 11.2 Å². The number of aromatic carboxylic acids is 1. The topological polar surface area (TPSA) is 75.1 Å². The van der Waals surface area contributed by atoms with Crippen LogP contribution in [0.4, 0.5) is 5.69 Å². The molecule has 0 spiro atoms. The van der Waals surface area contributed by atoms with Gasteiger partial charge in [0.25, 0.3) is 0 Å². The van der Waals surface area contributed by atoms with Crippen molar-refractivity contribution in [2.75, 3.05) is 5.32 Å². The zero-order chi connectivity index (χ0) is 14.8. The van der Waals surface area contributed by atoms with Crippen LogP contribution >= 0.6 is 0 Å². The van der Waals surface area contributed by atoms with E-state index in [4.69, 9.17) is 0 Å². The van der Waals surface area contributed by atoms with E-state index in [1.54, 1.807) is 0 Å². The highest BCUT2D eigenvalue weighted by Gasteiger charge is 2.24. The number of rotatable bonds is 5. The van der Waals surface area contributed by atoms with Gasteiger partial charge in [0.15, 0.2) is 5.69 Å². The molecule has 5 heteroatoms. The highest BCUT2D eigenvalue weighted by atomic mass is 16.4. The Morgan fingerprint density at radius 2 is 1.90 bits per heavy atom. The molecule has 0 aliphatic rings. The van der Waals surface area contributed by atoms with Gasteiger partial charge in [0.05, 0.1) is 11.2 Å². The second kappa shape index (κ2) is 5.45. The van der Waals surface area contributed by atoms with E-state index in [0.717, 1.165) is 18.2 Å². The lowest BCUT2D eigenvalue weighted by Crippen LogP contribution is -2.34. The second-order valence-corrected chi connectivity index (χ2v) is 5.14. The maximum atomic E-state index is 11.4. The van der Waals surface area contributed by atoms with Gasteiger partial charge in [0.1, 0.15) is 0 Å². The van der Waals surface area contributed by atoms with Crippen LogP contribution in [0.25, 0.3) is 10.9 Å². The third kappa shape index (κ3) is 2.57. The SMILES string of the molecule is CCC(C)(CC)Nc1c(C(=O)O)nnc2ccccc12. The summed E-state index contributed by atoms with van der Waals surface area (Å²) in [6.07, 6.45) is 1.78. The first-order chi connectivity index (χ1) is 9.50. The van der Waals surface area contributed by atoms with Crippen LogP contribution < -0.4 is 5.32 Å². The summed E-state index contributed by atoms with van der Waals surface area (Å²) in [5, 5.41) is 21.3. The van der Waals surface area contributed by atoms with Gasteiger partial charge in [-0.15, -0.1) is 10.2 Å². The Morgan fingerprint density at radius 3 is 2.50 bits per heavy atom. The van der Waals surface area contributed by atoms with E-state index >= 15 is 0 Å². The molecular formula is C15H19N3O2. The van der Waals surface area contributed by atoms with Crippen molar-refractivity contribution in [3.63, 3.8) is 0 Å². The van der Waals surface area contributed by atoms with Crippen LogP contribution in [0.5, 0.6) is 0 Å². The Kier molecular flexibility index (Phi) is 3.88. The first-order valence-corrected chi connectivity index (χ1v) is 6.77. The molecule has 5 nitrogen and oxygen atoms in total. The fraction of sp³-hybridized carbons (Fsp3) is 0.400. The van der Waals surface area contributed by atoms with Gasteiger partial charge in [-0.3, -0.25) is 0 Å². The minimum Gasteiger partial charge on any atom is -0.476 e. The molecule has 0 unspecified atom stereocenters. The predicted molar refractivity (Wildman–Crippen MR) is 79.1 cm³/mol. The Hall–Kier alpha value is -2.17. The molecular weight excluding hydrogens is 254 g/mol. The van der Waals surface area contributed by atoms with Crippen molar-refractivity contribution in [3.8, 4) is 0 Å². The fourth-order valence-corrected chi connectivity index (χ4v) is 2.06. The van der Waals surface area contributed by atoms with Crippen LogP contribution in [0, 0.1) is 0 Å². The summed E-state index contributed by atoms with van der Waals surface area (Å²) in [4.78, 5) is 11.4. The van der Waals surface area contributed by atoms with E-state index in [9.17, 15) is 9.90 Å². The lowest BCUT2D eigenvalue weighted by atomic mass is 9.94. The molecule has 1 aromatic heterocycles. The maximum absolute atomic E-state index is 11.4. The van der Waals surface area contributed by atoms with Crippen LogP contribution in [0.1, 0.15) is 44.1 Å². The van der Waals surface area contributed by atoms with E-state index in [1.807, 2.05) is 24.3 Å². The summed E-state index contributed by atoms with van der Waals surface area (Å²) >= 11 is 0. The lowest BCUT2D eigenvalue weighted by Gasteiger charge is -2.30. The van der Waals surface area contributed by atoms with Crippen LogP contribution in [-0.2, 0) is 0 Å². The minimum atomic E-state index is -1.07. The van der Waals surface area contributed by atoms with Gasteiger partial charge < -0.3 is 10.4 Å². The average Bonchev–Trinajstić information content (AvgIpc) is 2.47. The monoisotopic (exact) mass is 273 g/mol. The molecule has 0 amide bonds. The van der Waals surface area contributed by atoms with Gasteiger partial charge in [-0.2, -0.15) is 0 Å². The van der Waals surface area contributed by atoms with E-state index in [1.165, 1.54) is 0 Å². The van der Waals surface area contributed by atoms with Crippen molar-refractivity contribution < 1.29 is 9.90 Å². The number of benzene rings is 1. The zero-order valence-electron chi connectivity index (χ0n) is 12.0. The van der Waals surface area contributed by atoms with Crippen molar-refractivity contribution in [3.05, 3.63) is 30.0 Å². The number of carbonyl (C=O) groups is 1. The van der Waals surface area contributed by atoms with Gasteiger partial charge >= 0.3 is 5.97 Å². The van der Waals surface area contributed by atoms with Crippen molar-refractivity contribution in [1.29, 1.82) is 0 Å². The summed E-state index contributed by atoms with van der Waals surface area (Å²) in [6.45, 7) is 6.23. The molecule has 0 bridgehead atoms. The second-order valence-electron chi connectivity index (χ2n) is 5.14. The minimum absolute atomic E-state index is 0.0307. The fourth-order valence-electron chi connectivity index (χ4n) is 2.06. The highest BCUT2D eigenvalue weighted by Crippen LogP contribution is 2.29. The van der Waals surface area contributed by atoms with Gasteiger partial charge in [-0.05, 0) is 25.8 Å². The van der Waals surface area contributed by atoms with Crippen LogP contribution in [-0.4, -0.2) is 26.8 Å². The molecule has 0 fully saturated rings. The molecule has 2 aromatic rings. The van der Waals surface area contributed by atoms with Crippen molar-refractivity contribution in [2.24, 2.45) is 0 Å². The molecule has 0 aliphatic heterocycles. The molecule has 0 atom stereocenters. The number of fused-ring (bicyclic) bond motifs is 1. The molecule has 2 rings (SSSR count). The van der Waals surface area contributed by atoms with Gasteiger partial charge in [0, 0.05) is 10.9 Å². The van der Waals surface area contributed by atoms with E-state index < -0.39 is 5.97 Å². The molecule has 0 saturated heterocycles. The molecule has 2 N–H and O–H groups in total. The Labute approximate surface area is 118 Å². The Bertz CT molecular complexity index is 636. The van der Waals surface area contributed by atoms with Crippen molar-refractivity contribution >= 4 is 22.6 Å². The zero-order valence-corrected chi connectivity index (χ0v) is 12.0. The number of carboxylic acids is 1. The highest BCUT2D eigenvalue weighted by molar-refractivity contribution is 6.02. The number of aromatic nitrogens is 2. The average molecular weight is 273 g/mol. The third-order valence-electron chi connectivity index (χ3n) is 3.86. The quantitative estimate of drug-likeness (QED) is 0.874. The molecule has 0 aliphatic carbocycles. The number of carboxylic acid groups (broad SMARTS) is 1. The van der Waals surface area contributed by atoms with Crippen molar-refractivity contribution in [2.45, 2.75) is 39.2 Å². The number of anilines is 1. The van der Waals surface area contributed by atoms with Crippen LogP contribution in [0.2, 0.25) is 0 Å². The number of nitrogens with one attached hydrogen (secondary N) is 1. The number of hydrogen-bond donors (Lipinski definition) is 2. The largest absolute Gasteiger partial charge is 0.476 e. The molecule has 1 heterocycles. The standard InChI is InChI=1S/C15H19N3O2/c1-4-15(3,5-2)16-12-10-8-6-7-9-11(10)17-18-13(12)14(19)20/h6-9H,4-5H2,1-3H3,(H,16,17)(H,19,20). The van der Waals surface area contributed by atoms with E-state index in [2.05, 4.69) is 36.3 Å². The summed E-state index contributed by atoms with van der Waals surface area (Å²) in [5.74, 6) is -1.07. The summed E-state index contributed by atoms with van der Waals surface area (Å²) in [5.41, 5.74) is 1.04. The Morgan fingerprint density at radius 1 is 1.25 bits per heavy atom. The van der Waals surface area contributed by atoms with Gasteiger partial charge in [-0.1, -0.05) is 32.0 Å². The smallest absolute Gasteiger partial charge is 0.358 e. The normalized spacial score (nSPS) is 11.6. The number of nitrogens with zero attached hydrogens (tertiary/aromatic N) is 2. The molecule has 106 valence electrons. The van der Waals surface area contributed by atoms with Gasteiger partial charge in [0.2, 0.25) is 0 Å². The summed E-state index contributed by atoms with van der Waals surface area (Å²) in [7, 11) is 0. The van der Waals surface area contributed by atoms with Crippen LogP contribution in [0.3, 0.4) is 0 Å². The first-order valence-electron chi connectivity index (χ1n) is 6.77. The van der Waals surface area contributed by atoms with Crippen molar-refractivity contribution in [1.82, 2.24) is 10.2 Å². The predicted octanol–water partition coefficient (Wildman–Crippen LogP) is 3.32. The Balaban J connectivity index is 2.64. The van der Waals surface area contributed by atoms with Crippen LogP contribution in [0.15, 0.2) is 24.3 Å². The molecule has 0 radical (unpaired) electrons.